The molecule has 1 saturated heterocycles. The molecule has 154 valence electrons. The van der Waals surface area contributed by atoms with Crippen molar-refractivity contribution in [2.45, 2.75) is 77.5 Å². The molecule has 0 spiro atoms. The minimum atomic E-state index is -0.890. The fraction of sp³-hybridized carbons (Fsp3) is 0.682. The van der Waals surface area contributed by atoms with Gasteiger partial charge < -0.3 is 20.5 Å². The average Bonchev–Trinajstić information content (AvgIpc) is 3.05. The molecule has 1 aromatic heterocycles. The second kappa shape index (κ2) is 9.30. The molecule has 0 unspecified atom stereocenters. The maximum Gasteiger partial charge on any atom is 0.348 e. The van der Waals surface area contributed by atoms with Gasteiger partial charge in [-0.25, -0.2) is 4.79 Å². The lowest BCUT2D eigenvalue weighted by Crippen LogP contribution is -2.37. The van der Waals surface area contributed by atoms with E-state index in [1.807, 2.05) is 6.07 Å². The number of ether oxygens (including phenoxy) is 1. The highest BCUT2D eigenvalue weighted by Gasteiger charge is 2.26. The van der Waals surface area contributed by atoms with Crippen LogP contribution >= 0.6 is 11.3 Å². The summed E-state index contributed by atoms with van der Waals surface area (Å²) in [6.45, 7) is 8.26. The Morgan fingerprint density at radius 1 is 1.18 bits per heavy atom. The monoisotopic (exact) mass is 404 g/mol. The molecule has 6 heteroatoms. The molecule has 1 aliphatic carbocycles. The molecule has 0 aromatic carbocycles. The van der Waals surface area contributed by atoms with Gasteiger partial charge in [-0.05, 0) is 78.5 Å². The second-order valence-corrected chi connectivity index (χ2v) is 9.91. The first kappa shape index (κ1) is 21.2. The van der Waals surface area contributed by atoms with Crippen LogP contribution in [0.5, 0.6) is 0 Å². The maximum absolute atomic E-state index is 11.6. The van der Waals surface area contributed by atoms with Gasteiger partial charge in [-0.3, -0.25) is 0 Å². The normalized spacial score (nSPS) is 23.7. The Kier molecular flexibility index (Phi) is 7.03. The maximum atomic E-state index is 11.6. The molecule has 0 bridgehead atoms. The highest BCUT2D eigenvalue weighted by atomic mass is 32.1. The number of rotatable bonds is 5. The molecule has 1 aliphatic heterocycles. The van der Waals surface area contributed by atoms with Crippen LogP contribution in [-0.2, 0) is 4.74 Å². The molecule has 1 aromatic rings. The van der Waals surface area contributed by atoms with Crippen LogP contribution in [0.3, 0.4) is 0 Å². The first-order valence-electron chi connectivity index (χ1n) is 10.3. The third-order valence-electron chi connectivity index (χ3n) is 5.19. The van der Waals surface area contributed by atoms with Crippen molar-refractivity contribution in [3.05, 3.63) is 15.8 Å². The largest absolute Gasteiger partial charge is 0.477 e. The summed E-state index contributed by atoms with van der Waals surface area (Å²) in [5, 5.41) is 16.4. The fourth-order valence-corrected chi connectivity index (χ4v) is 4.55. The molecule has 2 fully saturated rings. The number of piperidine rings is 1. The van der Waals surface area contributed by atoms with Crippen molar-refractivity contribution in [1.82, 2.24) is 5.32 Å². The van der Waals surface area contributed by atoms with Crippen molar-refractivity contribution in [3.63, 3.8) is 0 Å². The lowest BCUT2D eigenvalue weighted by molar-refractivity contribution is -0.0431. The van der Waals surface area contributed by atoms with E-state index in [1.165, 1.54) is 11.3 Å². The molecular weight excluding hydrogens is 372 g/mol. The Morgan fingerprint density at radius 2 is 1.82 bits per heavy atom. The van der Waals surface area contributed by atoms with Gasteiger partial charge in [-0.15, -0.1) is 11.3 Å². The first-order valence-corrected chi connectivity index (χ1v) is 11.1. The van der Waals surface area contributed by atoms with Gasteiger partial charge in [0.1, 0.15) is 4.88 Å². The molecule has 2 aliphatic rings. The second-order valence-electron chi connectivity index (χ2n) is 8.86. The number of anilines is 1. The average molecular weight is 405 g/mol. The third kappa shape index (κ3) is 6.23. The first-order chi connectivity index (χ1) is 13.3. The lowest BCUT2D eigenvalue weighted by Gasteiger charge is -2.33. The van der Waals surface area contributed by atoms with E-state index in [1.54, 1.807) is 0 Å². The Morgan fingerprint density at radius 3 is 2.43 bits per heavy atom. The van der Waals surface area contributed by atoms with Crippen LogP contribution in [0.25, 0.3) is 0 Å². The van der Waals surface area contributed by atoms with Gasteiger partial charge >= 0.3 is 5.97 Å². The van der Waals surface area contributed by atoms with Crippen molar-refractivity contribution in [1.29, 1.82) is 0 Å². The molecule has 3 N–H and O–H groups in total. The van der Waals surface area contributed by atoms with Crippen molar-refractivity contribution >= 4 is 23.0 Å². The van der Waals surface area contributed by atoms with E-state index in [4.69, 9.17) is 4.74 Å². The number of hydrogen-bond donors (Lipinski definition) is 3. The molecule has 0 amide bonds. The number of carboxylic acid groups (broad SMARTS) is 1. The zero-order chi connectivity index (χ0) is 20.1. The van der Waals surface area contributed by atoms with Gasteiger partial charge in [-0.1, -0.05) is 11.8 Å². The minimum Gasteiger partial charge on any atom is -0.477 e. The van der Waals surface area contributed by atoms with Crippen LogP contribution in [0.4, 0.5) is 5.69 Å². The molecule has 2 heterocycles. The zero-order valence-electron chi connectivity index (χ0n) is 17.1. The Balaban J connectivity index is 1.57. The summed E-state index contributed by atoms with van der Waals surface area (Å²) in [5.74, 6) is 5.43. The van der Waals surface area contributed by atoms with Crippen LogP contribution in [-0.4, -0.2) is 42.4 Å². The van der Waals surface area contributed by atoms with Crippen molar-refractivity contribution in [3.8, 4) is 11.8 Å². The topological polar surface area (TPSA) is 70.6 Å². The van der Waals surface area contributed by atoms with Crippen LogP contribution in [0.2, 0.25) is 0 Å². The van der Waals surface area contributed by atoms with Crippen molar-refractivity contribution in [2.75, 3.05) is 18.4 Å². The van der Waals surface area contributed by atoms with E-state index in [2.05, 4.69) is 43.2 Å². The molecule has 3 rings (SSSR count). The lowest BCUT2D eigenvalue weighted by atomic mass is 9.92. The van der Waals surface area contributed by atoms with Gasteiger partial charge in [0.25, 0.3) is 0 Å². The van der Waals surface area contributed by atoms with Gasteiger partial charge in [0.05, 0.1) is 22.8 Å². The SMILES string of the molecule is CC(C)(C)C#Cc1cc(NC2CCC(OC3CCNCC3)CC2)c(C(=O)O)s1. The van der Waals surface area contributed by atoms with Gasteiger partial charge in [0.15, 0.2) is 0 Å². The van der Waals surface area contributed by atoms with E-state index in [-0.39, 0.29) is 5.41 Å². The van der Waals surface area contributed by atoms with Crippen LogP contribution < -0.4 is 10.6 Å². The quantitative estimate of drug-likeness (QED) is 0.637. The van der Waals surface area contributed by atoms with E-state index in [9.17, 15) is 9.90 Å². The highest BCUT2D eigenvalue weighted by Crippen LogP contribution is 2.31. The summed E-state index contributed by atoms with van der Waals surface area (Å²) in [6.07, 6.45) is 7.03. The van der Waals surface area contributed by atoms with Gasteiger partial charge in [0, 0.05) is 11.5 Å². The molecule has 0 radical (unpaired) electrons. The third-order valence-corrected chi connectivity index (χ3v) is 6.23. The summed E-state index contributed by atoms with van der Waals surface area (Å²) in [6, 6.07) is 2.19. The summed E-state index contributed by atoms with van der Waals surface area (Å²) in [7, 11) is 0. The molecule has 0 atom stereocenters. The van der Waals surface area contributed by atoms with Crippen molar-refractivity contribution < 1.29 is 14.6 Å². The molecular formula is C22H32N2O3S. The summed E-state index contributed by atoms with van der Waals surface area (Å²) in [4.78, 5) is 12.8. The van der Waals surface area contributed by atoms with E-state index in [0.717, 1.165) is 56.5 Å². The number of carbonyl (C=O) groups is 1. The van der Waals surface area contributed by atoms with E-state index < -0.39 is 5.97 Å². The number of nitrogens with one attached hydrogen (secondary N) is 2. The summed E-state index contributed by atoms with van der Waals surface area (Å²) >= 11 is 1.25. The molecule has 28 heavy (non-hydrogen) atoms. The number of aromatic carboxylic acids is 1. The summed E-state index contributed by atoms with van der Waals surface area (Å²) < 4.78 is 6.28. The Bertz CT molecular complexity index is 727. The predicted molar refractivity (Wildman–Crippen MR) is 114 cm³/mol. The van der Waals surface area contributed by atoms with Gasteiger partial charge in [-0.2, -0.15) is 0 Å². The fourth-order valence-electron chi connectivity index (χ4n) is 3.73. The van der Waals surface area contributed by atoms with E-state index in [0.29, 0.717) is 28.8 Å². The molecule has 1 saturated carbocycles. The smallest absolute Gasteiger partial charge is 0.348 e. The Labute approximate surface area is 172 Å². The standard InChI is InChI=1S/C22H32N2O3S/c1-22(2,3)11-8-18-14-19(20(28-18)21(25)26)24-15-4-6-16(7-5-15)27-17-9-12-23-13-10-17/h14-17,23-24H,4-7,9-10,12-13H2,1-3H3,(H,25,26). The summed E-state index contributed by atoms with van der Waals surface area (Å²) in [5.41, 5.74) is 0.603. The number of hydrogen-bond acceptors (Lipinski definition) is 5. The van der Waals surface area contributed by atoms with Crippen LogP contribution in [0.1, 0.15) is 73.8 Å². The van der Waals surface area contributed by atoms with Crippen LogP contribution in [0, 0.1) is 17.3 Å². The number of thiophene rings is 1. The van der Waals surface area contributed by atoms with E-state index >= 15 is 0 Å². The van der Waals surface area contributed by atoms with Crippen molar-refractivity contribution in [2.24, 2.45) is 5.41 Å². The van der Waals surface area contributed by atoms with Gasteiger partial charge in [0.2, 0.25) is 0 Å². The Hall–Kier alpha value is -1.55. The predicted octanol–water partition coefficient (Wildman–Crippen LogP) is 4.34. The number of carboxylic acids is 1. The van der Waals surface area contributed by atoms with Crippen LogP contribution in [0.15, 0.2) is 6.07 Å². The zero-order valence-corrected chi connectivity index (χ0v) is 18.0. The molecule has 5 nitrogen and oxygen atoms in total. The minimum absolute atomic E-state index is 0.103. The highest BCUT2D eigenvalue weighted by molar-refractivity contribution is 7.15.